The number of hydrogen-bond donors (Lipinski definition) is 2. The van der Waals surface area contributed by atoms with Crippen molar-refractivity contribution in [1.82, 2.24) is 15.1 Å². The number of nitrogens with one attached hydrogen (secondary N) is 1. The summed E-state index contributed by atoms with van der Waals surface area (Å²) in [7, 11) is 0. The number of hydrogen-bond acceptors (Lipinski definition) is 4. The van der Waals surface area contributed by atoms with Crippen LogP contribution in [0.5, 0.6) is 0 Å². The van der Waals surface area contributed by atoms with E-state index < -0.39 is 0 Å². The summed E-state index contributed by atoms with van der Waals surface area (Å²) in [6, 6.07) is 6.59. The summed E-state index contributed by atoms with van der Waals surface area (Å²) in [5.74, 6) is -0.215. The van der Waals surface area contributed by atoms with E-state index in [0.29, 0.717) is 19.5 Å². The quantitative estimate of drug-likeness (QED) is 0.739. The Morgan fingerprint density at radius 3 is 2.50 bits per heavy atom. The molecule has 6 heteroatoms. The smallest absolute Gasteiger partial charge is 0.234 e. The highest BCUT2D eigenvalue weighted by Crippen LogP contribution is 2.08. The van der Waals surface area contributed by atoms with Gasteiger partial charge in [0.05, 0.1) is 13.2 Å². The number of halogens is 1. The molecule has 0 bridgehead atoms. The summed E-state index contributed by atoms with van der Waals surface area (Å²) in [4.78, 5) is 16.5. The van der Waals surface area contributed by atoms with Crippen LogP contribution in [0.2, 0.25) is 0 Å². The molecular weight excluding hydrogens is 309 g/mol. The molecule has 1 aromatic rings. The Labute approximate surface area is 143 Å². The van der Waals surface area contributed by atoms with Crippen molar-refractivity contribution in [2.24, 2.45) is 0 Å². The fourth-order valence-corrected chi connectivity index (χ4v) is 3.05. The van der Waals surface area contributed by atoms with Crippen molar-refractivity contribution < 1.29 is 14.3 Å². The number of nitrogens with zero attached hydrogens (tertiary/aromatic N) is 2. The lowest BCUT2D eigenvalue weighted by atomic mass is 10.1. The molecule has 1 aliphatic heterocycles. The number of aliphatic hydroxyl groups excluding tert-OH is 1. The van der Waals surface area contributed by atoms with E-state index in [-0.39, 0.29) is 24.4 Å². The maximum atomic E-state index is 12.8. The van der Waals surface area contributed by atoms with E-state index in [1.807, 2.05) is 0 Å². The second-order valence-corrected chi connectivity index (χ2v) is 6.28. The van der Waals surface area contributed by atoms with Gasteiger partial charge in [-0.2, -0.15) is 0 Å². The molecule has 0 aliphatic carbocycles. The standard InChI is InChI=1S/C18H28FN3O2/c1-2-17(14-23)22-11-9-21(10-12-22)13-18(24)20-8-7-15-3-5-16(19)6-4-15/h3-6,17,23H,2,7-14H2,1H3,(H,20,24). The predicted octanol–water partition coefficient (Wildman–Crippen LogP) is 0.873. The van der Waals surface area contributed by atoms with E-state index >= 15 is 0 Å². The van der Waals surface area contributed by atoms with Crippen molar-refractivity contribution in [3.8, 4) is 0 Å². The van der Waals surface area contributed by atoms with Gasteiger partial charge in [0.2, 0.25) is 5.91 Å². The van der Waals surface area contributed by atoms with Crippen LogP contribution in [-0.2, 0) is 11.2 Å². The van der Waals surface area contributed by atoms with Crippen LogP contribution in [0.25, 0.3) is 0 Å². The van der Waals surface area contributed by atoms with Gasteiger partial charge in [-0.1, -0.05) is 19.1 Å². The largest absolute Gasteiger partial charge is 0.395 e. The van der Waals surface area contributed by atoms with Crippen LogP contribution in [0.4, 0.5) is 4.39 Å². The Morgan fingerprint density at radius 1 is 1.25 bits per heavy atom. The van der Waals surface area contributed by atoms with Crippen LogP contribution < -0.4 is 5.32 Å². The zero-order valence-corrected chi connectivity index (χ0v) is 14.4. The van der Waals surface area contributed by atoms with E-state index in [1.165, 1.54) is 12.1 Å². The summed E-state index contributed by atoms with van der Waals surface area (Å²) < 4.78 is 12.8. The summed E-state index contributed by atoms with van der Waals surface area (Å²) in [5.41, 5.74) is 1.01. The Kier molecular flexibility index (Phi) is 7.62. The average molecular weight is 337 g/mol. The Bertz CT molecular complexity index is 497. The number of rotatable bonds is 8. The van der Waals surface area contributed by atoms with E-state index in [4.69, 9.17) is 0 Å². The number of amides is 1. The first-order valence-corrected chi connectivity index (χ1v) is 8.70. The molecule has 5 nitrogen and oxygen atoms in total. The Balaban J connectivity index is 1.64. The Morgan fingerprint density at radius 2 is 1.92 bits per heavy atom. The zero-order valence-electron chi connectivity index (χ0n) is 14.4. The van der Waals surface area contributed by atoms with E-state index in [1.54, 1.807) is 12.1 Å². The third-order valence-corrected chi connectivity index (χ3v) is 4.62. The van der Waals surface area contributed by atoms with Crippen molar-refractivity contribution in [2.45, 2.75) is 25.8 Å². The van der Waals surface area contributed by atoms with E-state index in [9.17, 15) is 14.3 Å². The SMILES string of the molecule is CCC(CO)N1CCN(CC(=O)NCCc2ccc(F)cc2)CC1. The van der Waals surface area contributed by atoms with Crippen molar-refractivity contribution >= 4 is 5.91 Å². The molecule has 134 valence electrons. The fraction of sp³-hybridized carbons (Fsp3) is 0.611. The van der Waals surface area contributed by atoms with Gasteiger partial charge in [-0.05, 0) is 30.5 Å². The molecule has 0 spiro atoms. The molecule has 1 aliphatic rings. The molecule has 1 heterocycles. The van der Waals surface area contributed by atoms with Gasteiger partial charge in [-0.25, -0.2) is 4.39 Å². The van der Waals surface area contributed by atoms with E-state index in [0.717, 1.165) is 38.2 Å². The first-order chi connectivity index (χ1) is 11.6. The molecule has 1 fully saturated rings. The maximum Gasteiger partial charge on any atom is 0.234 e. The minimum Gasteiger partial charge on any atom is -0.395 e. The first-order valence-electron chi connectivity index (χ1n) is 8.70. The van der Waals surface area contributed by atoms with Crippen LogP contribution in [-0.4, -0.2) is 72.7 Å². The molecule has 1 amide bonds. The van der Waals surface area contributed by atoms with Crippen LogP contribution in [0.3, 0.4) is 0 Å². The van der Waals surface area contributed by atoms with Crippen LogP contribution in [0.1, 0.15) is 18.9 Å². The molecule has 24 heavy (non-hydrogen) atoms. The van der Waals surface area contributed by atoms with Crippen molar-refractivity contribution in [2.75, 3.05) is 45.9 Å². The average Bonchev–Trinajstić information content (AvgIpc) is 2.59. The van der Waals surface area contributed by atoms with Gasteiger partial charge in [0.15, 0.2) is 0 Å². The molecule has 1 aromatic carbocycles. The highest BCUT2D eigenvalue weighted by Gasteiger charge is 2.23. The third-order valence-electron chi connectivity index (χ3n) is 4.62. The highest BCUT2D eigenvalue weighted by molar-refractivity contribution is 5.78. The number of benzene rings is 1. The summed E-state index contributed by atoms with van der Waals surface area (Å²) in [6.07, 6.45) is 1.65. The second kappa shape index (κ2) is 9.71. The van der Waals surface area contributed by atoms with Gasteiger partial charge in [-0.15, -0.1) is 0 Å². The van der Waals surface area contributed by atoms with Gasteiger partial charge in [0, 0.05) is 38.8 Å². The number of aliphatic hydroxyl groups is 1. The number of piperazine rings is 1. The second-order valence-electron chi connectivity index (χ2n) is 6.28. The molecule has 2 rings (SSSR count). The molecule has 0 saturated carbocycles. The van der Waals surface area contributed by atoms with Crippen LogP contribution >= 0.6 is 0 Å². The Hall–Kier alpha value is -1.50. The predicted molar refractivity (Wildman–Crippen MR) is 92.3 cm³/mol. The highest BCUT2D eigenvalue weighted by atomic mass is 19.1. The monoisotopic (exact) mass is 337 g/mol. The van der Waals surface area contributed by atoms with Crippen molar-refractivity contribution in [3.63, 3.8) is 0 Å². The molecule has 1 unspecified atom stereocenters. The lowest BCUT2D eigenvalue weighted by Gasteiger charge is -2.38. The first kappa shape index (κ1) is 18.8. The van der Waals surface area contributed by atoms with Crippen molar-refractivity contribution in [3.05, 3.63) is 35.6 Å². The third kappa shape index (κ3) is 5.85. The van der Waals surface area contributed by atoms with Gasteiger partial charge < -0.3 is 10.4 Å². The van der Waals surface area contributed by atoms with Crippen LogP contribution in [0, 0.1) is 5.82 Å². The fourth-order valence-electron chi connectivity index (χ4n) is 3.05. The molecule has 1 saturated heterocycles. The van der Waals surface area contributed by atoms with Crippen LogP contribution in [0.15, 0.2) is 24.3 Å². The molecule has 0 radical (unpaired) electrons. The molecule has 2 N–H and O–H groups in total. The summed E-state index contributed by atoms with van der Waals surface area (Å²) in [5, 5.41) is 12.3. The summed E-state index contributed by atoms with van der Waals surface area (Å²) in [6.45, 7) is 6.73. The molecule has 1 atom stereocenters. The van der Waals surface area contributed by atoms with E-state index in [2.05, 4.69) is 22.0 Å². The minimum atomic E-state index is -0.242. The van der Waals surface area contributed by atoms with Gasteiger partial charge >= 0.3 is 0 Å². The van der Waals surface area contributed by atoms with Crippen molar-refractivity contribution in [1.29, 1.82) is 0 Å². The lowest BCUT2D eigenvalue weighted by molar-refractivity contribution is -0.122. The number of carbonyl (C=O) groups is 1. The topological polar surface area (TPSA) is 55.8 Å². The summed E-state index contributed by atoms with van der Waals surface area (Å²) >= 11 is 0. The molecular formula is C18H28FN3O2. The number of carbonyl (C=O) groups excluding carboxylic acids is 1. The molecule has 0 aromatic heterocycles. The zero-order chi connectivity index (χ0) is 17.4. The normalized spacial score (nSPS) is 17.6. The van der Waals surface area contributed by atoms with Gasteiger partial charge in [0.25, 0.3) is 0 Å². The lowest BCUT2D eigenvalue weighted by Crippen LogP contribution is -2.53. The van der Waals surface area contributed by atoms with Gasteiger partial charge in [0.1, 0.15) is 5.82 Å². The maximum absolute atomic E-state index is 12.8. The minimum absolute atomic E-state index is 0.0276. The van der Waals surface area contributed by atoms with Gasteiger partial charge in [-0.3, -0.25) is 14.6 Å².